The molecule has 8 nitrogen and oxygen atoms in total. The Kier molecular flexibility index (Phi) is 5.22. The number of rotatable bonds is 4. The third-order valence-corrected chi connectivity index (χ3v) is 4.03. The molecule has 0 bridgehead atoms. The fourth-order valence-corrected chi connectivity index (χ4v) is 2.74. The van der Waals surface area contributed by atoms with E-state index >= 15 is 0 Å². The van der Waals surface area contributed by atoms with Crippen LogP contribution in [-0.2, 0) is 23.8 Å². The molecule has 0 radical (unpaired) electrons. The molecule has 0 fully saturated rings. The van der Waals surface area contributed by atoms with Crippen LogP contribution < -0.4 is 4.90 Å². The maximum atomic E-state index is 14.7. The fourth-order valence-electron chi connectivity index (χ4n) is 2.74. The molecule has 27 heavy (non-hydrogen) atoms. The van der Waals surface area contributed by atoms with Crippen molar-refractivity contribution in [3.8, 4) is 5.69 Å². The van der Waals surface area contributed by atoms with Gasteiger partial charge in [-0.1, -0.05) is 0 Å². The number of halogens is 1. The number of carbonyl (C=O) groups is 2. The van der Waals surface area contributed by atoms with Crippen molar-refractivity contribution in [1.82, 2.24) is 9.78 Å². The van der Waals surface area contributed by atoms with Crippen LogP contribution in [0.4, 0.5) is 10.1 Å². The zero-order chi connectivity index (χ0) is 19.6. The molecule has 1 aromatic heterocycles. The Hall–Kier alpha value is -3.20. The monoisotopic (exact) mass is 375 g/mol. The van der Waals surface area contributed by atoms with Gasteiger partial charge in [0.2, 0.25) is 0 Å². The van der Waals surface area contributed by atoms with E-state index in [1.54, 1.807) is 18.5 Å². The minimum Gasteiger partial charge on any atom is -0.466 e. The lowest BCUT2D eigenvalue weighted by Gasteiger charge is -2.31. The first kappa shape index (κ1) is 18.6. The number of hydrogen-bond acceptors (Lipinski definition) is 7. The van der Waals surface area contributed by atoms with Gasteiger partial charge in [0.05, 0.1) is 32.6 Å². The van der Waals surface area contributed by atoms with Crippen LogP contribution in [0.25, 0.3) is 5.69 Å². The minimum atomic E-state index is -0.745. The van der Waals surface area contributed by atoms with Gasteiger partial charge in [-0.05, 0) is 30.7 Å². The van der Waals surface area contributed by atoms with Crippen LogP contribution in [0.1, 0.15) is 5.56 Å². The highest BCUT2D eigenvalue weighted by molar-refractivity contribution is 6.03. The highest BCUT2D eigenvalue weighted by Crippen LogP contribution is 2.29. The van der Waals surface area contributed by atoms with Gasteiger partial charge in [-0.25, -0.2) is 18.7 Å². The second kappa shape index (κ2) is 7.58. The van der Waals surface area contributed by atoms with Crippen molar-refractivity contribution in [1.29, 1.82) is 0 Å². The third-order valence-electron chi connectivity index (χ3n) is 4.03. The second-order valence-corrected chi connectivity index (χ2v) is 5.81. The summed E-state index contributed by atoms with van der Waals surface area (Å²) in [6, 6.07) is 4.36. The molecule has 1 aliphatic heterocycles. The topological polar surface area (TPSA) is 82.9 Å². The molecule has 0 saturated heterocycles. The number of hydrogen-bond donors (Lipinski definition) is 0. The molecule has 0 aliphatic carbocycles. The lowest BCUT2D eigenvalue weighted by Crippen LogP contribution is -2.38. The molecular weight excluding hydrogens is 357 g/mol. The number of carbonyl (C=O) groups excluding carboxylic acids is 2. The van der Waals surface area contributed by atoms with E-state index in [1.807, 2.05) is 6.92 Å². The van der Waals surface area contributed by atoms with E-state index in [2.05, 4.69) is 5.10 Å². The molecule has 0 saturated carbocycles. The molecule has 1 aromatic carbocycles. The molecular formula is C18H18FN3O5. The summed E-state index contributed by atoms with van der Waals surface area (Å²) in [7, 11) is 2.39. The van der Waals surface area contributed by atoms with Gasteiger partial charge in [-0.2, -0.15) is 5.10 Å². The molecule has 2 heterocycles. The average molecular weight is 375 g/mol. The fraction of sp³-hybridized carbons (Fsp3) is 0.278. The number of anilines is 1. The first-order chi connectivity index (χ1) is 13.0. The number of nitrogens with zero attached hydrogens (tertiary/aromatic N) is 3. The van der Waals surface area contributed by atoms with Crippen LogP contribution in [0.15, 0.2) is 41.9 Å². The van der Waals surface area contributed by atoms with Gasteiger partial charge in [0.1, 0.15) is 18.1 Å². The van der Waals surface area contributed by atoms with Crippen LogP contribution in [-0.4, -0.2) is 49.3 Å². The predicted octanol–water partition coefficient (Wildman–Crippen LogP) is 1.71. The van der Waals surface area contributed by atoms with E-state index in [0.29, 0.717) is 5.69 Å². The zero-order valence-electron chi connectivity index (χ0n) is 15.1. The van der Waals surface area contributed by atoms with Crippen molar-refractivity contribution in [2.45, 2.75) is 6.92 Å². The summed E-state index contributed by atoms with van der Waals surface area (Å²) in [5, 5.41) is 4.09. The summed E-state index contributed by atoms with van der Waals surface area (Å²) in [6.45, 7) is 1.69. The Balaban J connectivity index is 2.04. The summed E-state index contributed by atoms with van der Waals surface area (Å²) in [5.41, 5.74) is 1.42. The predicted molar refractivity (Wildman–Crippen MR) is 92.6 cm³/mol. The van der Waals surface area contributed by atoms with Crippen molar-refractivity contribution in [2.24, 2.45) is 0 Å². The first-order valence-electron chi connectivity index (χ1n) is 8.02. The normalized spacial score (nSPS) is 14.3. The standard InChI is InChI=1S/C18H18FN3O5/c1-11-7-20-22(8-11)15-5-4-12(6-14(15)19)21-10-27-9-13(17(23)25-2)16(21)18(24)26-3/h4-8H,9-10H2,1-3H3. The van der Waals surface area contributed by atoms with Gasteiger partial charge in [-0.3, -0.25) is 0 Å². The maximum Gasteiger partial charge on any atom is 0.355 e. The van der Waals surface area contributed by atoms with Crippen molar-refractivity contribution in [3.05, 3.63) is 53.2 Å². The van der Waals surface area contributed by atoms with E-state index in [-0.39, 0.29) is 30.3 Å². The highest BCUT2D eigenvalue weighted by atomic mass is 19.1. The van der Waals surface area contributed by atoms with Gasteiger partial charge >= 0.3 is 11.9 Å². The second-order valence-electron chi connectivity index (χ2n) is 5.81. The molecule has 0 N–H and O–H groups in total. The lowest BCUT2D eigenvalue weighted by atomic mass is 10.1. The molecule has 0 unspecified atom stereocenters. The molecule has 2 aromatic rings. The SMILES string of the molecule is COC(=O)C1=C(C(=O)OC)N(c2ccc(-n3cc(C)cn3)c(F)c2)COC1. The Bertz CT molecular complexity index is 921. The van der Waals surface area contributed by atoms with E-state index < -0.39 is 17.8 Å². The van der Waals surface area contributed by atoms with Gasteiger partial charge in [-0.15, -0.1) is 0 Å². The lowest BCUT2D eigenvalue weighted by molar-refractivity contribution is -0.140. The average Bonchev–Trinajstić information content (AvgIpc) is 3.12. The smallest absolute Gasteiger partial charge is 0.355 e. The Morgan fingerprint density at radius 2 is 1.96 bits per heavy atom. The summed E-state index contributed by atoms with van der Waals surface area (Å²) in [6.07, 6.45) is 3.31. The zero-order valence-corrected chi connectivity index (χ0v) is 15.1. The van der Waals surface area contributed by atoms with Crippen LogP contribution in [0.5, 0.6) is 0 Å². The molecule has 142 valence electrons. The number of aryl methyl sites for hydroxylation is 1. The summed E-state index contributed by atoms with van der Waals surface area (Å²) in [4.78, 5) is 25.6. The van der Waals surface area contributed by atoms with Crippen molar-refractivity contribution < 1.29 is 28.2 Å². The largest absolute Gasteiger partial charge is 0.466 e. The molecule has 0 amide bonds. The van der Waals surface area contributed by atoms with E-state index in [1.165, 1.54) is 35.9 Å². The number of aromatic nitrogens is 2. The van der Waals surface area contributed by atoms with E-state index in [4.69, 9.17) is 14.2 Å². The third kappa shape index (κ3) is 3.54. The first-order valence-corrected chi connectivity index (χ1v) is 8.02. The maximum absolute atomic E-state index is 14.7. The van der Waals surface area contributed by atoms with E-state index in [9.17, 15) is 14.0 Å². The van der Waals surface area contributed by atoms with Crippen molar-refractivity contribution in [3.63, 3.8) is 0 Å². The van der Waals surface area contributed by atoms with E-state index in [0.717, 1.165) is 5.56 Å². The number of esters is 2. The molecule has 9 heteroatoms. The highest BCUT2D eigenvalue weighted by Gasteiger charge is 2.32. The van der Waals surface area contributed by atoms with Crippen LogP contribution in [0.3, 0.4) is 0 Å². The Morgan fingerprint density at radius 3 is 2.56 bits per heavy atom. The van der Waals surface area contributed by atoms with Gasteiger partial charge in [0, 0.05) is 11.9 Å². The van der Waals surface area contributed by atoms with Crippen LogP contribution in [0, 0.1) is 12.7 Å². The summed E-state index contributed by atoms with van der Waals surface area (Å²) < 4.78 is 31.0. The number of benzene rings is 1. The molecule has 1 aliphatic rings. The molecule has 3 rings (SSSR count). The van der Waals surface area contributed by atoms with Crippen molar-refractivity contribution >= 4 is 17.6 Å². The Labute approximate surface area is 154 Å². The Morgan fingerprint density at radius 1 is 1.22 bits per heavy atom. The number of ether oxygens (including phenoxy) is 3. The van der Waals surface area contributed by atoms with Crippen LogP contribution >= 0.6 is 0 Å². The molecule has 0 atom stereocenters. The number of methoxy groups -OCH3 is 2. The van der Waals surface area contributed by atoms with Crippen LogP contribution in [0.2, 0.25) is 0 Å². The minimum absolute atomic E-state index is 0.00258. The summed E-state index contributed by atoms with van der Waals surface area (Å²) in [5.74, 6) is -2.01. The quantitative estimate of drug-likeness (QED) is 0.753. The van der Waals surface area contributed by atoms with Crippen molar-refractivity contribution in [2.75, 3.05) is 32.5 Å². The van der Waals surface area contributed by atoms with Gasteiger partial charge in [0.25, 0.3) is 0 Å². The summed E-state index contributed by atoms with van der Waals surface area (Å²) >= 11 is 0. The van der Waals surface area contributed by atoms with Gasteiger partial charge < -0.3 is 19.1 Å². The molecule has 0 spiro atoms. The van der Waals surface area contributed by atoms with Gasteiger partial charge in [0.15, 0.2) is 5.82 Å².